The van der Waals surface area contributed by atoms with Gasteiger partial charge in [0.05, 0.1) is 13.7 Å². The summed E-state index contributed by atoms with van der Waals surface area (Å²) in [5, 5.41) is 3.38. The van der Waals surface area contributed by atoms with E-state index < -0.39 is 0 Å². The Kier molecular flexibility index (Phi) is 4.94. The second kappa shape index (κ2) is 6.49. The molecule has 1 N–H and O–H groups in total. The molecule has 19 heavy (non-hydrogen) atoms. The summed E-state index contributed by atoms with van der Waals surface area (Å²) in [6.45, 7) is 2.78. The highest BCUT2D eigenvalue weighted by Crippen LogP contribution is 2.36. The van der Waals surface area contributed by atoms with Crippen LogP contribution in [0.3, 0.4) is 0 Å². The van der Waals surface area contributed by atoms with E-state index in [1.165, 1.54) is 30.4 Å². The second-order valence-electron chi connectivity index (χ2n) is 5.24. The smallest absolute Gasteiger partial charge is 0.164 e. The first-order valence-corrected chi connectivity index (χ1v) is 6.90. The molecule has 0 radical (unpaired) electrons. The van der Waals surface area contributed by atoms with Gasteiger partial charge < -0.3 is 14.8 Å². The fourth-order valence-electron chi connectivity index (χ4n) is 2.60. The van der Waals surface area contributed by atoms with Crippen LogP contribution in [0.25, 0.3) is 0 Å². The largest absolute Gasteiger partial charge is 0.493 e. The molecule has 1 aliphatic carbocycles. The van der Waals surface area contributed by atoms with Crippen molar-refractivity contribution in [2.45, 2.75) is 32.2 Å². The third-order valence-electron chi connectivity index (χ3n) is 3.87. The molecule has 1 aromatic carbocycles. The monoisotopic (exact) mass is 283 g/mol. The lowest BCUT2D eigenvalue weighted by Gasteiger charge is -2.22. The number of rotatable bonds is 5. The molecule has 1 fully saturated rings. The number of benzene rings is 1. The quantitative estimate of drug-likeness (QED) is 0.901. The van der Waals surface area contributed by atoms with Crippen molar-refractivity contribution in [2.75, 3.05) is 20.3 Å². The molecule has 3 rings (SSSR count). The minimum Gasteiger partial charge on any atom is -0.493 e. The zero-order valence-corrected chi connectivity index (χ0v) is 12.2. The van der Waals surface area contributed by atoms with Crippen molar-refractivity contribution in [1.29, 1.82) is 0 Å². The Labute approximate surface area is 121 Å². The molecular weight excluding hydrogens is 262 g/mol. The van der Waals surface area contributed by atoms with Gasteiger partial charge in [-0.25, -0.2) is 0 Å². The molecule has 3 nitrogen and oxygen atoms in total. The highest BCUT2D eigenvalue weighted by molar-refractivity contribution is 5.85. The van der Waals surface area contributed by atoms with E-state index in [1.54, 1.807) is 7.11 Å². The Balaban J connectivity index is 0.00000133. The van der Waals surface area contributed by atoms with Gasteiger partial charge in [-0.05, 0) is 36.9 Å². The summed E-state index contributed by atoms with van der Waals surface area (Å²) >= 11 is 0. The van der Waals surface area contributed by atoms with Crippen LogP contribution in [0.2, 0.25) is 0 Å². The molecule has 0 saturated heterocycles. The lowest BCUT2D eigenvalue weighted by atomic mass is 9.99. The summed E-state index contributed by atoms with van der Waals surface area (Å²) in [5.74, 6) is 2.78. The van der Waals surface area contributed by atoms with E-state index in [9.17, 15) is 0 Å². The SMILES string of the molecule is COc1c(OCCC2CC2)ccc2c1CCNC2.Cl. The molecule has 1 aromatic rings. The lowest BCUT2D eigenvalue weighted by Crippen LogP contribution is -2.24. The summed E-state index contributed by atoms with van der Waals surface area (Å²) in [5.41, 5.74) is 2.66. The fraction of sp³-hybridized carbons (Fsp3) is 0.600. The number of fused-ring (bicyclic) bond motifs is 1. The van der Waals surface area contributed by atoms with Crippen molar-refractivity contribution >= 4 is 12.4 Å². The number of halogens is 1. The Morgan fingerprint density at radius 3 is 2.89 bits per heavy atom. The van der Waals surface area contributed by atoms with Crippen LogP contribution in [0.1, 0.15) is 30.4 Å². The second-order valence-corrected chi connectivity index (χ2v) is 5.24. The van der Waals surface area contributed by atoms with Gasteiger partial charge in [0.25, 0.3) is 0 Å². The Hall–Kier alpha value is -0.930. The van der Waals surface area contributed by atoms with Crippen LogP contribution in [-0.2, 0) is 13.0 Å². The van der Waals surface area contributed by atoms with Crippen molar-refractivity contribution in [3.8, 4) is 11.5 Å². The van der Waals surface area contributed by atoms with Gasteiger partial charge in [-0.1, -0.05) is 18.9 Å². The van der Waals surface area contributed by atoms with Crippen molar-refractivity contribution in [1.82, 2.24) is 5.32 Å². The molecular formula is C15H22ClNO2. The highest BCUT2D eigenvalue weighted by Gasteiger charge is 2.22. The van der Waals surface area contributed by atoms with Gasteiger partial charge in [-0.2, -0.15) is 0 Å². The molecule has 106 valence electrons. The summed E-state index contributed by atoms with van der Waals surface area (Å²) in [6.07, 6.45) is 4.98. The predicted molar refractivity (Wildman–Crippen MR) is 78.5 cm³/mol. The zero-order chi connectivity index (χ0) is 12.4. The van der Waals surface area contributed by atoms with Crippen LogP contribution in [0.5, 0.6) is 11.5 Å². The standard InChI is InChI=1S/C15H21NO2.ClH/c1-17-15-13-6-8-16-10-12(13)4-5-14(15)18-9-7-11-2-3-11;/h4-5,11,16H,2-3,6-10H2,1H3;1H. The van der Waals surface area contributed by atoms with Gasteiger partial charge >= 0.3 is 0 Å². The minimum absolute atomic E-state index is 0. The van der Waals surface area contributed by atoms with Gasteiger partial charge in [0.1, 0.15) is 0 Å². The van der Waals surface area contributed by atoms with Crippen LogP contribution in [-0.4, -0.2) is 20.3 Å². The molecule has 0 unspecified atom stereocenters. The summed E-state index contributed by atoms with van der Waals surface area (Å²) in [4.78, 5) is 0. The molecule has 0 aromatic heterocycles. The maximum absolute atomic E-state index is 5.90. The van der Waals surface area contributed by atoms with Crippen LogP contribution >= 0.6 is 12.4 Å². The van der Waals surface area contributed by atoms with Crippen molar-refractivity contribution in [3.05, 3.63) is 23.3 Å². The van der Waals surface area contributed by atoms with Gasteiger partial charge in [-0.3, -0.25) is 0 Å². The number of ether oxygens (including phenoxy) is 2. The maximum Gasteiger partial charge on any atom is 0.164 e. The molecule has 0 bridgehead atoms. The average Bonchev–Trinajstić information content (AvgIpc) is 3.22. The zero-order valence-electron chi connectivity index (χ0n) is 11.4. The first-order chi connectivity index (χ1) is 8.88. The van der Waals surface area contributed by atoms with Gasteiger partial charge in [0, 0.05) is 12.1 Å². The van der Waals surface area contributed by atoms with E-state index in [1.807, 2.05) is 0 Å². The lowest BCUT2D eigenvalue weighted by molar-refractivity contribution is 0.281. The van der Waals surface area contributed by atoms with Crippen molar-refractivity contribution < 1.29 is 9.47 Å². The van der Waals surface area contributed by atoms with Crippen LogP contribution < -0.4 is 14.8 Å². The van der Waals surface area contributed by atoms with Crippen LogP contribution in [0, 0.1) is 5.92 Å². The molecule has 0 atom stereocenters. The van der Waals surface area contributed by atoms with E-state index in [4.69, 9.17) is 9.47 Å². The highest BCUT2D eigenvalue weighted by atomic mass is 35.5. The summed E-state index contributed by atoms with van der Waals surface area (Å²) in [7, 11) is 1.74. The number of hydrogen-bond acceptors (Lipinski definition) is 3. The van der Waals surface area contributed by atoms with E-state index in [0.29, 0.717) is 0 Å². The first-order valence-electron chi connectivity index (χ1n) is 6.90. The molecule has 1 aliphatic heterocycles. The third-order valence-corrected chi connectivity index (χ3v) is 3.87. The normalized spacial score (nSPS) is 17.3. The summed E-state index contributed by atoms with van der Waals surface area (Å²) in [6, 6.07) is 4.22. The van der Waals surface area contributed by atoms with E-state index in [-0.39, 0.29) is 12.4 Å². The van der Waals surface area contributed by atoms with E-state index in [0.717, 1.165) is 43.5 Å². The molecule has 1 heterocycles. The first kappa shape index (κ1) is 14.5. The molecule has 1 saturated carbocycles. The van der Waals surface area contributed by atoms with E-state index in [2.05, 4.69) is 17.4 Å². The summed E-state index contributed by atoms with van der Waals surface area (Å²) < 4.78 is 11.5. The number of hydrogen-bond donors (Lipinski definition) is 1. The topological polar surface area (TPSA) is 30.5 Å². The predicted octanol–water partition coefficient (Wildman–Crippen LogP) is 2.94. The van der Waals surface area contributed by atoms with Crippen LogP contribution in [0.4, 0.5) is 0 Å². The Morgan fingerprint density at radius 2 is 2.16 bits per heavy atom. The van der Waals surface area contributed by atoms with Gasteiger partial charge in [0.2, 0.25) is 0 Å². The fourth-order valence-corrected chi connectivity index (χ4v) is 2.60. The van der Waals surface area contributed by atoms with Crippen LogP contribution in [0.15, 0.2) is 12.1 Å². The number of methoxy groups -OCH3 is 1. The Morgan fingerprint density at radius 1 is 1.32 bits per heavy atom. The molecule has 0 amide bonds. The number of nitrogens with one attached hydrogen (secondary N) is 1. The molecule has 4 heteroatoms. The maximum atomic E-state index is 5.90. The average molecular weight is 284 g/mol. The minimum atomic E-state index is 0. The van der Waals surface area contributed by atoms with Crippen molar-refractivity contribution in [3.63, 3.8) is 0 Å². The van der Waals surface area contributed by atoms with Gasteiger partial charge in [0.15, 0.2) is 11.5 Å². The molecule has 2 aliphatic rings. The van der Waals surface area contributed by atoms with Gasteiger partial charge in [-0.15, -0.1) is 12.4 Å². The van der Waals surface area contributed by atoms with Crippen molar-refractivity contribution in [2.24, 2.45) is 5.92 Å². The Bertz CT molecular complexity index is 432. The molecule has 0 spiro atoms. The third kappa shape index (κ3) is 3.34. The van der Waals surface area contributed by atoms with E-state index >= 15 is 0 Å².